The number of carboxylic acid groups (broad SMARTS) is 1. The first-order valence-corrected chi connectivity index (χ1v) is 7.76. The lowest BCUT2D eigenvalue weighted by Gasteiger charge is -2.16. The predicted octanol–water partition coefficient (Wildman–Crippen LogP) is 1.11. The van der Waals surface area contributed by atoms with E-state index in [1.165, 1.54) is 0 Å². The summed E-state index contributed by atoms with van der Waals surface area (Å²) in [6, 6.07) is 6.29. The summed E-state index contributed by atoms with van der Waals surface area (Å²) in [4.78, 5) is 34.5. The quantitative estimate of drug-likeness (QED) is 0.626. The Morgan fingerprint density at radius 2 is 1.92 bits per heavy atom. The van der Waals surface area contributed by atoms with Crippen LogP contribution in [-0.2, 0) is 14.4 Å². The van der Waals surface area contributed by atoms with Gasteiger partial charge in [0.1, 0.15) is 11.8 Å². The standard InChI is InChI=1S/C17H24N2O5/c1-11(2)7-14(17(22)23)19-15(20)9-18-16(21)10-24-13-6-4-5-12(3)8-13/h4-6,8,11,14H,7,9-10H2,1-3H3,(H,18,21)(H,19,20)(H,22,23)/t14-/m0/s1. The van der Waals surface area contributed by atoms with Gasteiger partial charge in [-0.05, 0) is 37.0 Å². The van der Waals surface area contributed by atoms with E-state index >= 15 is 0 Å². The molecule has 3 N–H and O–H groups in total. The van der Waals surface area contributed by atoms with Crippen LogP contribution in [0.4, 0.5) is 0 Å². The Morgan fingerprint density at radius 1 is 1.21 bits per heavy atom. The average molecular weight is 336 g/mol. The SMILES string of the molecule is Cc1cccc(OCC(=O)NCC(=O)N[C@@H](CC(C)C)C(=O)O)c1. The van der Waals surface area contributed by atoms with Gasteiger partial charge in [0.25, 0.3) is 5.91 Å². The molecule has 0 unspecified atom stereocenters. The van der Waals surface area contributed by atoms with Crippen molar-refractivity contribution >= 4 is 17.8 Å². The predicted molar refractivity (Wildman–Crippen MR) is 88.7 cm³/mol. The lowest BCUT2D eigenvalue weighted by Crippen LogP contribution is -2.46. The fourth-order valence-corrected chi connectivity index (χ4v) is 2.02. The van der Waals surface area contributed by atoms with Crippen LogP contribution in [0, 0.1) is 12.8 Å². The van der Waals surface area contributed by atoms with Gasteiger partial charge >= 0.3 is 5.97 Å². The van der Waals surface area contributed by atoms with E-state index in [2.05, 4.69) is 10.6 Å². The minimum absolute atomic E-state index is 0.128. The van der Waals surface area contributed by atoms with Crippen molar-refractivity contribution in [2.75, 3.05) is 13.2 Å². The van der Waals surface area contributed by atoms with Crippen molar-refractivity contribution in [2.24, 2.45) is 5.92 Å². The topological polar surface area (TPSA) is 105 Å². The van der Waals surface area contributed by atoms with Crippen LogP contribution in [0.25, 0.3) is 0 Å². The van der Waals surface area contributed by atoms with E-state index in [0.717, 1.165) is 5.56 Å². The number of hydrogen-bond donors (Lipinski definition) is 3. The van der Waals surface area contributed by atoms with Gasteiger partial charge in [-0.1, -0.05) is 26.0 Å². The number of rotatable bonds is 9. The smallest absolute Gasteiger partial charge is 0.326 e. The highest BCUT2D eigenvalue weighted by atomic mass is 16.5. The van der Waals surface area contributed by atoms with E-state index in [9.17, 15) is 14.4 Å². The monoisotopic (exact) mass is 336 g/mol. The Kier molecular flexibility index (Phi) is 7.74. The van der Waals surface area contributed by atoms with Crippen molar-refractivity contribution in [2.45, 2.75) is 33.2 Å². The number of aliphatic carboxylic acids is 1. The van der Waals surface area contributed by atoms with Crippen LogP contribution in [0.15, 0.2) is 24.3 Å². The molecule has 7 nitrogen and oxygen atoms in total. The summed E-state index contributed by atoms with van der Waals surface area (Å²) < 4.78 is 5.31. The molecule has 0 bridgehead atoms. The first kappa shape index (κ1) is 19.5. The number of nitrogens with one attached hydrogen (secondary N) is 2. The van der Waals surface area contributed by atoms with E-state index in [-0.39, 0.29) is 19.1 Å². The van der Waals surface area contributed by atoms with Gasteiger partial charge in [0, 0.05) is 0 Å². The molecule has 0 aliphatic heterocycles. The fourth-order valence-electron chi connectivity index (χ4n) is 2.02. The molecule has 0 fully saturated rings. The highest BCUT2D eigenvalue weighted by Gasteiger charge is 2.21. The van der Waals surface area contributed by atoms with Crippen molar-refractivity contribution in [3.63, 3.8) is 0 Å². The van der Waals surface area contributed by atoms with Gasteiger partial charge < -0.3 is 20.5 Å². The molecule has 1 atom stereocenters. The summed E-state index contributed by atoms with van der Waals surface area (Å²) in [5.74, 6) is -1.40. The molecule has 0 aromatic heterocycles. The molecule has 1 rings (SSSR count). The summed E-state index contributed by atoms with van der Waals surface area (Å²) in [6.45, 7) is 5.13. The third kappa shape index (κ3) is 7.62. The third-order valence-corrected chi connectivity index (χ3v) is 3.15. The zero-order chi connectivity index (χ0) is 18.1. The maximum absolute atomic E-state index is 11.7. The van der Waals surface area contributed by atoms with Gasteiger partial charge in [0.05, 0.1) is 6.54 Å². The van der Waals surface area contributed by atoms with Gasteiger partial charge in [-0.3, -0.25) is 9.59 Å². The first-order chi connectivity index (χ1) is 11.3. The number of hydrogen-bond acceptors (Lipinski definition) is 4. The Labute approximate surface area is 141 Å². The van der Waals surface area contributed by atoms with Gasteiger partial charge in [-0.25, -0.2) is 4.79 Å². The average Bonchev–Trinajstić information content (AvgIpc) is 2.50. The molecule has 132 valence electrons. The van der Waals surface area contributed by atoms with Crippen LogP contribution in [0.1, 0.15) is 25.8 Å². The van der Waals surface area contributed by atoms with Crippen molar-refractivity contribution in [1.29, 1.82) is 0 Å². The Hall–Kier alpha value is -2.57. The highest BCUT2D eigenvalue weighted by Crippen LogP contribution is 2.11. The number of aryl methyl sites for hydroxylation is 1. The van der Waals surface area contributed by atoms with Crippen LogP contribution in [0.5, 0.6) is 5.75 Å². The van der Waals surface area contributed by atoms with Crippen LogP contribution >= 0.6 is 0 Å². The zero-order valence-electron chi connectivity index (χ0n) is 14.2. The van der Waals surface area contributed by atoms with E-state index in [1.54, 1.807) is 12.1 Å². The maximum atomic E-state index is 11.7. The molecule has 0 aliphatic carbocycles. The largest absolute Gasteiger partial charge is 0.484 e. The van der Waals surface area contributed by atoms with Crippen LogP contribution < -0.4 is 15.4 Å². The highest BCUT2D eigenvalue weighted by molar-refractivity contribution is 5.88. The first-order valence-electron chi connectivity index (χ1n) is 7.76. The second kappa shape index (κ2) is 9.54. The third-order valence-electron chi connectivity index (χ3n) is 3.15. The zero-order valence-corrected chi connectivity index (χ0v) is 14.2. The summed E-state index contributed by atoms with van der Waals surface area (Å²) in [5, 5.41) is 13.8. The van der Waals surface area contributed by atoms with Crippen molar-refractivity contribution in [1.82, 2.24) is 10.6 Å². The van der Waals surface area contributed by atoms with Crippen molar-refractivity contribution in [3.05, 3.63) is 29.8 Å². The molecule has 0 spiro atoms. The van der Waals surface area contributed by atoms with E-state index in [1.807, 2.05) is 32.9 Å². The van der Waals surface area contributed by atoms with E-state index in [4.69, 9.17) is 9.84 Å². The summed E-state index contributed by atoms with van der Waals surface area (Å²) >= 11 is 0. The van der Waals surface area contributed by atoms with Crippen LogP contribution in [0.2, 0.25) is 0 Å². The summed E-state index contributed by atoms with van der Waals surface area (Å²) in [7, 11) is 0. The van der Waals surface area contributed by atoms with Gasteiger partial charge in [-0.2, -0.15) is 0 Å². The Bertz CT molecular complexity index is 586. The molecule has 0 saturated heterocycles. The lowest BCUT2D eigenvalue weighted by molar-refractivity contribution is -0.142. The molecular formula is C17H24N2O5. The Morgan fingerprint density at radius 3 is 2.50 bits per heavy atom. The minimum atomic E-state index is -1.09. The molecule has 1 aromatic rings. The molecule has 7 heteroatoms. The summed E-state index contributed by atoms with van der Waals surface area (Å²) in [5.41, 5.74) is 1.01. The second-order valence-corrected chi connectivity index (χ2v) is 5.97. The number of ether oxygens (including phenoxy) is 1. The molecule has 0 radical (unpaired) electrons. The summed E-state index contributed by atoms with van der Waals surface area (Å²) in [6.07, 6.45) is 0.325. The Balaban J connectivity index is 2.35. The van der Waals surface area contributed by atoms with Gasteiger partial charge in [0.2, 0.25) is 5.91 Å². The molecule has 0 heterocycles. The molecule has 2 amide bonds. The van der Waals surface area contributed by atoms with Crippen LogP contribution in [0.3, 0.4) is 0 Å². The van der Waals surface area contributed by atoms with E-state index < -0.39 is 23.8 Å². The number of carbonyl (C=O) groups excluding carboxylic acids is 2. The van der Waals surface area contributed by atoms with Gasteiger partial charge in [0.15, 0.2) is 6.61 Å². The van der Waals surface area contributed by atoms with E-state index in [0.29, 0.717) is 12.2 Å². The molecule has 0 saturated carbocycles. The molecular weight excluding hydrogens is 312 g/mol. The number of amides is 2. The fraction of sp³-hybridized carbons (Fsp3) is 0.471. The number of benzene rings is 1. The maximum Gasteiger partial charge on any atom is 0.326 e. The van der Waals surface area contributed by atoms with Crippen molar-refractivity contribution in [3.8, 4) is 5.75 Å². The van der Waals surface area contributed by atoms with Gasteiger partial charge in [-0.15, -0.1) is 0 Å². The normalized spacial score (nSPS) is 11.7. The number of carbonyl (C=O) groups is 3. The lowest BCUT2D eigenvalue weighted by atomic mass is 10.0. The molecule has 1 aromatic carbocycles. The van der Waals surface area contributed by atoms with Crippen molar-refractivity contribution < 1.29 is 24.2 Å². The molecule has 0 aliphatic rings. The van der Waals surface area contributed by atoms with Crippen LogP contribution in [-0.4, -0.2) is 42.1 Å². The molecule has 24 heavy (non-hydrogen) atoms. The second-order valence-electron chi connectivity index (χ2n) is 5.97. The minimum Gasteiger partial charge on any atom is -0.484 e. The number of carboxylic acids is 1.